The van der Waals surface area contributed by atoms with E-state index >= 15 is 0 Å². The van der Waals surface area contributed by atoms with E-state index in [-0.39, 0.29) is 23.4 Å². The summed E-state index contributed by atoms with van der Waals surface area (Å²) in [4.78, 5) is 29.4. The number of benzene rings is 3. The van der Waals surface area contributed by atoms with Crippen molar-refractivity contribution in [3.8, 4) is 0 Å². The van der Waals surface area contributed by atoms with E-state index in [0.29, 0.717) is 27.7 Å². The Morgan fingerprint density at radius 2 is 1.67 bits per heavy atom. The van der Waals surface area contributed by atoms with E-state index < -0.39 is 28.5 Å². The summed E-state index contributed by atoms with van der Waals surface area (Å²) in [6, 6.07) is 17.6. The maximum Gasteiger partial charge on any atom is 0.264 e. The van der Waals surface area contributed by atoms with Crippen molar-refractivity contribution in [3.05, 3.63) is 93.5 Å². The van der Waals surface area contributed by atoms with Crippen LogP contribution in [0.25, 0.3) is 0 Å². The lowest BCUT2D eigenvalue weighted by molar-refractivity contribution is -0.140. The Balaban J connectivity index is 1.76. The molecule has 0 aliphatic heterocycles. The first kappa shape index (κ1) is 31.9. The van der Waals surface area contributed by atoms with Crippen LogP contribution in [0, 0.1) is 13.8 Å². The molecular weight excluding hydrogens is 593 g/mol. The number of carbonyl (C=O) groups excluding carboxylic acids is 2. The third-order valence-corrected chi connectivity index (χ3v) is 10.3. The number of hydrogen-bond donors (Lipinski definition) is 1. The van der Waals surface area contributed by atoms with Gasteiger partial charge in [-0.3, -0.25) is 13.9 Å². The molecule has 0 spiro atoms. The Kier molecular flexibility index (Phi) is 10.6. The number of amides is 2. The van der Waals surface area contributed by atoms with Crippen LogP contribution in [0.15, 0.2) is 71.6 Å². The van der Waals surface area contributed by atoms with Gasteiger partial charge in [0.2, 0.25) is 11.8 Å². The van der Waals surface area contributed by atoms with Crippen molar-refractivity contribution in [1.29, 1.82) is 0 Å². The Labute approximate surface area is 258 Å². The minimum absolute atomic E-state index is 0.0114. The van der Waals surface area contributed by atoms with Crippen LogP contribution in [-0.4, -0.2) is 43.8 Å². The number of carbonyl (C=O) groups is 2. The summed E-state index contributed by atoms with van der Waals surface area (Å²) in [6.45, 7) is 5.07. The van der Waals surface area contributed by atoms with Crippen molar-refractivity contribution in [2.45, 2.75) is 76.4 Å². The second-order valence-electron chi connectivity index (χ2n) is 10.7. The fraction of sp³-hybridized carbons (Fsp3) is 0.375. The SMILES string of the molecule is CCC(C(=O)NC1CCCC1)N(Cc1ccc(Cl)cc1Cl)C(=O)CN(c1cccc(C)c1C)S(=O)(=O)c1ccccc1. The molecule has 3 aromatic carbocycles. The molecule has 0 aromatic heterocycles. The van der Waals surface area contributed by atoms with Crippen LogP contribution in [-0.2, 0) is 26.2 Å². The van der Waals surface area contributed by atoms with Crippen LogP contribution in [0.4, 0.5) is 5.69 Å². The number of hydrogen-bond acceptors (Lipinski definition) is 4. The van der Waals surface area contributed by atoms with Crippen molar-refractivity contribution in [1.82, 2.24) is 10.2 Å². The smallest absolute Gasteiger partial charge is 0.264 e. The highest BCUT2D eigenvalue weighted by molar-refractivity contribution is 7.92. The normalized spacial score (nSPS) is 14.4. The van der Waals surface area contributed by atoms with E-state index in [1.54, 1.807) is 48.5 Å². The largest absolute Gasteiger partial charge is 0.352 e. The lowest BCUT2D eigenvalue weighted by atomic mass is 10.1. The zero-order chi connectivity index (χ0) is 30.4. The molecule has 0 radical (unpaired) electrons. The van der Waals surface area contributed by atoms with Crippen molar-refractivity contribution in [2.24, 2.45) is 0 Å². The Morgan fingerprint density at radius 3 is 2.31 bits per heavy atom. The summed E-state index contributed by atoms with van der Waals surface area (Å²) in [6.07, 6.45) is 4.23. The number of sulfonamides is 1. The van der Waals surface area contributed by atoms with Crippen LogP contribution < -0.4 is 9.62 Å². The number of nitrogens with zero attached hydrogens (tertiary/aromatic N) is 2. The lowest BCUT2D eigenvalue weighted by Crippen LogP contribution is -2.53. The Bertz CT molecular complexity index is 1530. The minimum atomic E-state index is -4.14. The van der Waals surface area contributed by atoms with Gasteiger partial charge in [0.1, 0.15) is 12.6 Å². The van der Waals surface area contributed by atoms with E-state index in [1.165, 1.54) is 17.0 Å². The molecule has 1 unspecified atom stereocenters. The fourth-order valence-electron chi connectivity index (χ4n) is 5.36. The maximum atomic E-state index is 14.3. The van der Waals surface area contributed by atoms with Crippen LogP contribution in [0.3, 0.4) is 0 Å². The average Bonchev–Trinajstić information content (AvgIpc) is 3.47. The highest BCUT2D eigenvalue weighted by atomic mass is 35.5. The quantitative estimate of drug-likeness (QED) is 0.256. The van der Waals surface area contributed by atoms with E-state index in [4.69, 9.17) is 23.2 Å². The molecule has 224 valence electrons. The van der Waals surface area contributed by atoms with E-state index in [2.05, 4.69) is 5.32 Å². The van der Waals surface area contributed by atoms with Crippen LogP contribution in [0.2, 0.25) is 10.0 Å². The molecule has 1 atom stereocenters. The minimum Gasteiger partial charge on any atom is -0.352 e. The molecular formula is C32H37Cl2N3O4S. The fourth-order valence-corrected chi connectivity index (χ4v) is 7.32. The summed E-state index contributed by atoms with van der Waals surface area (Å²) in [5.41, 5.74) is 2.63. The highest BCUT2D eigenvalue weighted by Gasteiger charge is 2.35. The number of halogens is 2. The predicted octanol–water partition coefficient (Wildman–Crippen LogP) is 6.67. The standard InChI is InChI=1S/C32H37Cl2N3O4S/c1-4-29(32(39)35-26-12-8-9-13-26)36(20-24-17-18-25(33)19-28(24)34)31(38)21-37(30-16-10-11-22(2)23(30)3)42(40,41)27-14-6-5-7-15-27/h5-7,10-11,14-19,26,29H,4,8-9,12-13,20-21H2,1-3H3,(H,35,39). The first-order valence-electron chi connectivity index (χ1n) is 14.2. The van der Waals surface area contributed by atoms with Gasteiger partial charge >= 0.3 is 0 Å². The molecule has 0 saturated heterocycles. The molecule has 42 heavy (non-hydrogen) atoms. The summed E-state index contributed by atoms with van der Waals surface area (Å²) in [7, 11) is -4.14. The molecule has 3 aromatic rings. The Hall–Kier alpha value is -3.07. The van der Waals surface area contributed by atoms with E-state index in [1.807, 2.05) is 26.8 Å². The Morgan fingerprint density at radius 1 is 0.976 bits per heavy atom. The molecule has 10 heteroatoms. The second-order valence-corrected chi connectivity index (χ2v) is 13.4. The van der Waals surface area contributed by atoms with Crippen LogP contribution >= 0.6 is 23.2 Å². The maximum absolute atomic E-state index is 14.3. The van der Waals surface area contributed by atoms with Gasteiger partial charge in [0.05, 0.1) is 10.6 Å². The van der Waals surface area contributed by atoms with Gasteiger partial charge in [-0.1, -0.05) is 79.4 Å². The predicted molar refractivity (Wildman–Crippen MR) is 168 cm³/mol. The number of rotatable bonds is 11. The van der Waals surface area contributed by atoms with Crippen molar-refractivity contribution in [2.75, 3.05) is 10.8 Å². The van der Waals surface area contributed by atoms with Gasteiger partial charge in [0, 0.05) is 22.6 Å². The van der Waals surface area contributed by atoms with Crippen LogP contribution in [0.5, 0.6) is 0 Å². The molecule has 1 saturated carbocycles. The van der Waals surface area contributed by atoms with Gasteiger partial charge in [-0.05, 0) is 80.1 Å². The van der Waals surface area contributed by atoms with Gasteiger partial charge in [-0.2, -0.15) is 0 Å². The first-order chi connectivity index (χ1) is 20.0. The molecule has 4 rings (SSSR count). The third-order valence-electron chi connectivity index (χ3n) is 7.90. The highest BCUT2D eigenvalue weighted by Crippen LogP contribution is 2.30. The van der Waals surface area contributed by atoms with Gasteiger partial charge in [-0.15, -0.1) is 0 Å². The van der Waals surface area contributed by atoms with Crippen LogP contribution in [0.1, 0.15) is 55.7 Å². The van der Waals surface area contributed by atoms with Gasteiger partial charge < -0.3 is 10.2 Å². The number of aryl methyl sites for hydroxylation is 1. The summed E-state index contributed by atoms with van der Waals surface area (Å²) >= 11 is 12.6. The molecule has 1 N–H and O–H groups in total. The third kappa shape index (κ3) is 7.28. The monoisotopic (exact) mass is 629 g/mol. The summed E-state index contributed by atoms with van der Waals surface area (Å²) in [5, 5.41) is 3.92. The molecule has 1 aliphatic carbocycles. The van der Waals surface area contributed by atoms with Crippen molar-refractivity contribution < 1.29 is 18.0 Å². The lowest BCUT2D eigenvalue weighted by Gasteiger charge is -2.34. The molecule has 2 amide bonds. The average molecular weight is 631 g/mol. The molecule has 1 fully saturated rings. The molecule has 0 heterocycles. The molecule has 0 bridgehead atoms. The van der Waals surface area contributed by atoms with Gasteiger partial charge in [0.15, 0.2) is 0 Å². The van der Waals surface area contributed by atoms with Crippen molar-refractivity contribution in [3.63, 3.8) is 0 Å². The first-order valence-corrected chi connectivity index (χ1v) is 16.4. The number of anilines is 1. The zero-order valence-electron chi connectivity index (χ0n) is 24.1. The topological polar surface area (TPSA) is 86.8 Å². The summed E-state index contributed by atoms with van der Waals surface area (Å²) < 4.78 is 29.2. The zero-order valence-corrected chi connectivity index (χ0v) is 26.5. The summed E-state index contributed by atoms with van der Waals surface area (Å²) in [5.74, 6) is -0.776. The number of nitrogens with one attached hydrogen (secondary N) is 1. The molecule has 7 nitrogen and oxygen atoms in total. The van der Waals surface area contributed by atoms with E-state index in [0.717, 1.165) is 41.1 Å². The van der Waals surface area contributed by atoms with E-state index in [9.17, 15) is 18.0 Å². The van der Waals surface area contributed by atoms with Gasteiger partial charge in [-0.25, -0.2) is 8.42 Å². The second kappa shape index (κ2) is 13.9. The van der Waals surface area contributed by atoms with Crippen molar-refractivity contribution >= 4 is 50.7 Å². The molecule has 1 aliphatic rings. The van der Waals surface area contributed by atoms with Gasteiger partial charge in [0.25, 0.3) is 10.0 Å².